The van der Waals surface area contributed by atoms with Gasteiger partial charge in [-0.1, -0.05) is 37.3 Å². The van der Waals surface area contributed by atoms with E-state index >= 15 is 0 Å². The molecule has 1 fully saturated rings. The predicted molar refractivity (Wildman–Crippen MR) is 123 cm³/mol. The summed E-state index contributed by atoms with van der Waals surface area (Å²) in [4.78, 5) is 28.6. The molecule has 0 aromatic heterocycles. The van der Waals surface area contributed by atoms with Gasteiger partial charge in [-0.25, -0.2) is 4.79 Å². The molecule has 7 nitrogen and oxygen atoms in total. The standard InChI is InChI=1S/C24H29F3N4O3/c1-2-19-7-3-4-9-21(19)29-22(32)16-30-10-12-31(13-11-30)23(33)28-15-18-6-5-8-20(14-18)34-17-24(25,26)27/h3-9,14H,2,10-13,15-17H2,1H3,(H,28,33)(H,29,32). The highest BCUT2D eigenvalue weighted by Crippen LogP contribution is 2.19. The number of nitrogens with one attached hydrogen (secondary N) is 2. The summed E-state index contributed by atoms with van der Waals surface area (Å²) in [7, 11) is 0. The summed E-state index contributed by atoms with van der Waals surface area (Å²) >= 11 is 0. The number of para-hydroxylation sites is 1. The van der Waals surface area contributed by atoms with Gasteiger partial charge in [-0.3, -0.25) is 9.69 Å². The maximum absolute atomic E-state index is 12.5. The summed E-state index contributed by atoms with van der Waals surface area (Å²) in [5.74, 6) is 0.00366. The van der Waals surface area contributed by atoms with Crippen LogP contribution in [0.4, 0.5) is 23.7 Å². The Morgan fingerprint density at radius 3 is 2.47 bits per heavy atom. The van der Waals surface area contributed by atoms with Crippen LogP contribution in [0.1, 0.15) is 18.1 Å². The number of carbonyl (C=O) groups is 2. The number of hydrogen-bond donors (Lipinski definition) is 2. The molecule has 1 aliphatic rings. The number of carbonyl (C=O) groups excluding carboxylic acids is 2. The van der Waals surface area contributed by atoms with Gasteiger partial charge in [0.1, 0.15) is 5.75 Å². The Morgan fingerprint density at radius 1 is 1.03 bits per heavy atom. The summed E-state index contributed by atoms with van der Waals surface area (Å²) in [6, 6.07) is 13.6. The van der Waals surface area contributed by atoms with Gasteiger partial charge in [0.05, 0.1) is 6.54 Å². The third kappa shape index (κ3) is 7.95. The maximum atomic E-state index is 12.5. The van der Waals surface area contributed by atoms with Gasteiger partial charge in [0, 0.05) is 38.4 Å². The molecule has 2 aromatic rings. The van der Waals surface area contributed by atoms with E-state index < -0.39 is 12.8 Å². The Morgan fingerprint density at radius 2 is 1.76 bits per heavy atom. The molecule has 0 radical (unpaired) electrons. The first-order valence-electron chi connectivity index (χ1n) is 11.1. The SMILES string of the molecule is CCc1ccccc1NC(=O)CN1CCN(C(=O)NCc2cccc(OCC(F)(F)F)c2)CC1. The molecule has 0 unspecified atom stereocenters. The Bertz CT molecular complexity index is 976. The van der Waals surface area contributed by atoms with Crippen LogP contribution in [0.5, 0.6) is 5.75 Å². The monoisotopic (exact) mass is 478 g/mol. The molecule has 0 atom stereocenters. The number of hydrogen-bond acceptors (Lipinski definition) is 4. The summed E-state index contributed by atoms with van der Waals surface area (Å²) in [5.41, 5.74) is 2.53. The van der Waals surface area contributed by atoms with E-state index in [9.17, 15) is 22.8 Å². The summed E-state index contributed by atoms with van der Waals surface area (Å²) < 4.78 is 41.7. The molecular weight excluding hydrogens is 449 g/mol. The molecule has 0 spiro atoms. The first-order valence-corrected chi connectivity index (χ1v) is 11.1. The number of ether oxygens (including phenoxy) is 1. The van der Waals surface area contributed by atoms with E-state index in [2.05, 4.69) is 10.6 Å². The van der Waals surface area contributed by atoms with Gasteiger partial charge in [-0.05, 0) is 35.7 Å². The predicted octanol–water partition coefficient (Wildman–Crippen LogP) is 3.66. The van der Waals surface area contributed by atoms with Crippen molar-refractivity contribution in [1.29, 1.82) is 0 Å². The number of anilines is 1. The average molecular weight is 479 g/mol. The second-order valence-corrected chi connectivity index (χ2v) is 8.03. The fourth-order valence-electron chi connectivity index (χ4n) is 3.65. The number of urea groups is 1. The molecular formula is C24H29F3N4O3. The summed E-state index contributed by atoms with van der Waals surface area (Å²) in [5, 5.41) is 5.74. The van der Waals surface area contributed by atoms with Crippen molar-refractivity contribution in [1.82, 2.24) is 15.1 Å². The van der Waals surface area contributed by atoms with Crippen LogP contribution in [-0.2, 0) is 17.8 Å². The van der Waals surface area contributed by atoms with E-state index in [0.29, 0.717) is 31.7 Å². The van der Waals surface area contributed by atoms with E-state index in [4.69, 9.17) is 4.74 Å². The zero-order valence-corrected chi connectivity index (χ0v) is 19.0. The van der Waals surface area contributed by atoms with E-state index in [0.717, 1.165) is 17.7 Å². The van der Waals surface area contributed by atoms with E-state index in [1.54, 1.807) is 17.0 Å². The first-order chi connectivity index (χ1) is 16.2. The fourth-order valence-corrected chi connectivity index (χ4v) is 3.65. The Balaban J connectivity index is 1.40. The average Bonchev–Trinajstić information content (AvgIpc) is 2.82. The van der Waals surface area contributed by atoms with E-state index in [-0.39, 0.29) is 30.8 Å². The van der Waals surface area contributed by atoms with Crippen molar-refractivity contribution >= 4 is 17.6 Å². The normalized spacial score (nSPS) is 14.5. The zero-order chi connectivity index (χ0) is 24.6. The summed E-state index contributed by atoms with van der Waals surface area (Å²) in [6.45, 7) is 3.16. The van der Waals surface area contributed by atoms with Crippen molar-refractivity contribution in [2.45, 2.75) is 26.1 Å². The van der Waals surface area contributed by atoms with Crippen LogP contribution in [-0.4, -0.2) is 67.2 Å². The van der Waals surface area contributed by atoms with Crippen molar-refractivity contribution in [2.75, 3.05) is 44.6 Å². The van der Waals surface area contributed by atoms with Crippen molar-refractivity contribution in [2.24, 2.45) is 0 Å². The molecule has 10 heteroatoms. The fraction of sp³-hybridized carbons (Fsp3) is 0.417. The Kier molecular flexibility index (Phi) is 8.75. The van der Waals surface area contributed by atoms with Crippen LogP contribution < -0.4 is 15.4 Å². The number of nitrogens with zero attached hydrogens (tertiary/aromatic N) is 2. The Labute approximate surface area is 196 Å². The maximum Gasteiger partial charge on any atom is 0.422 e. The van der Waals surface area contributed by atoms with Crippen LogP contribution in [0.2, 0.25) is 0 Å². The van der Waals surface area contributed by atoms with Crippen LogP contribution in [0.15, 0.2) is 48.5 Å². The smallest absolute Gasteiger partial charge is 0.422 e. The minimum atomic E-state index is -4.41. The molecule has 2 N–H and O–H groups in total. The van der Waals surface area contributed by atoms with E-state index in [1.807, 2.05) is 36.1 Å². The lowest BCUT2D eigenvalue weighted by Crippen LogP contribution is -2.52. The van der Waals surface area contributed by atoms with Gasteiger partial charge in [0.25, 0.3) is 0 Å². The van der Waals surface area contributed by atoms with Crippen molar-refractivity contribution < 1.29 is 27.5 Å². The molecule has 2 aromatic carbocycles. The van der Waals surface area contributed by atoms with Gasteiger partial charge in [-0.2, -0.15) is 13.2 Å². The molecule has 1 heterocycles. The number of benzene rings is 2. The largest absolute Gasteiger partial charge is 0.484 e. The molecule has 1 saturated heterocycles. The third-order valence-electron chi connectivity index (χ3n) is 5.44. The molecule has 0 aliphatic carbocycles. The lowest BCUT2D eigenvalue weighted by atomic mass is 10.1. The number of halogens is 3. The molecule has 1 aliphatic heterocycles. The number of piperazine rings is 1. The molecule has 3 amide bonds. The Hall–Kier alpha value is -3.27. The first kappa shape index (κ1) is 25.4. The van der Waals surface area contributed by atoms with Crippen LogP contribution in [0.3, 0.4) is 0 Å². The number of aryl methyl sites for hydroxylation is 1. The quantitative estimate of drug-likeness (QED) is 0.608. The number of rotatable bonds is 8. The molecule has 3 rings (SSSR count). The van der Waals surface area contributed by atoms with Crippen LogP contribution in [0, 0.1) is 0 Å². The second kappa shape index (κ2) is 11.7. The minimum absolute atomic E-state index is 0.0913. The van der Waals surface area contributed by atoms with Crippen molar-refractivity contribution in [3.63, 3.8) is 0 Å². The van der Waals surface area contributed by atoms with Crippen LogP contribution in [0.25, 0.3) is 0 Å². The van der Waals surface area contributed by atoms with Gasteiger partial charge in [0.2, 0.25) is 5.91 Å². The second-order valence-electron chi connectivity index (χ2n) is 8.03. The molecule has 34 heavy (non-hydrogen) atoms. The highest BCUT2D eigenvalue weighted by Gasteiger charge is 2.28. The van der Waals surface area contributed by atoms with Crippen molar-refractivity contribution in [3.8, 4) is 5.75 Å². The minimum Gasteiger partial charge on any atom is -0.484 e. The highest BCUT2D eigenvalue weighted by molar-refractivity contribution is 5.93. The van der Waals surface area contributed by atoms with Gasteiger partial charge in [-0.15, -0.1) is 0 Å². The zero-order valence-electron chi connectivity index (χ0n) is 19.0. The molecule has 0 saturated carbocycles. The van der Waals surface area contributed by atoms with Crippen molar-refractivity contribution in [3.05, 3.63) is 59.7 Å². The third-order valence-corrected chi connectivity index (χ3v) is 5.44. The van der Waals surface area contributed by atoms with Crippen LogP contribution >= 0.6 is 0 Å². The molecule has 184 valence electrons. The lowest BCUT2D eigenvalue weighted by Gasteiger charge is -2.34. The van der Waals surface area contributed by atoms with E-state index in [1.165, 1.54) is 12.1 Å². The number of alkyl halides is 3. The molecule has 0 bridgehead atoms. The topological polar surface area (TPSA) is 73.9 Å². The number of amides is 3. The lowest BCUT2D eigenvalue weighted by molar-refractivity contribution is -0.153. The van der Waals surface area contributed by atoms with Gasteiger partial charge < -0.3 is 20.3 Å². The van der Waals surface area contributed by atoms with Gasteiger partial charge >= 0.3 is 12.2 Å². The highest BCUT2D eigenvalue weighted by atomic mass is 19.4. The summed E-state index contributed by atoms with van der Waals surface area (Å²) in [6.07, 6.45) is -3.58. The van der Waals surface area contributed by atoms with Gasteiger partial charge in [0.15, 0.2) is 6.61 Å².